The summed E-state index contributed by atoms with van der Waals surface area (Å²) in [5.41, 5.74) is 2.10. The van der Waals surface area contributed by atoms with E-state index in [1.54, 1.807) is 13.1 Å². The molecule has 7 nitrogen and oxygen atoms in total. The zero-order chi connectivity index (χ0) is 16.1. The minimum atomic E-state index is -0.935. The van der Waals surface area contributed by atoms with Gasteiger partial charge in [-0.2, -0.15) is 0 Å². The molecular weight excluding hydrogens is 284 g/mol. The van der Waals surface area contributed by atoms with Gasteiger partial charge in [0, 0.05) is 13.1 Å². The first-order valence-electron chi connectivity index (χ1n) is 7.01. The van der Waals surface area contributed by atoms with Crippen LogP contribution in [0.1, 0.15) is 29.4 Å². The van der Waals surface area contributed by atoms with Gasteiger partial charge in [0.15, 0.2) is 5.69 Å². The maximum absolute atomic E-state index is 12.3. The van der Waals surface area contributed by atoms with Crippen LogP contribution in [-0.2, 0) is 4.79 Å². The van der Waals surface area contributed by atoms with E-state index in [9.17, 15) is 9.59 Å². The Kier molecular flexibility index (Phi) is 4.88. The molecule has 0 spiro atoms. The number of carbonyl (C=O) groups is 2. The molecule has 0 atom stereocenters. The molecule has 1 N–H and O–H groups in total. The van der Waals surface area contributed by atoms with Gasteiger partial charge in [-0.25, -0.2) is 4.68 Å². The highest BCUT2D eigenvalue weighted by atomic mass is 16.4. The van der Waals surface area contributed by atoms with Gasteiger partial charge < -0.3 is 10.0 Å². The van der Waals surface area contributed by atoms with Crippen molar-refractivity contribution in [3.8, 4) is 5.69 Å². The Bertz CT molecular complexity index is 681. The van der Waals surface area contributed by atoms with Crippen molar-refractivity contribution in [2.24, 2.45) is 0 Å². The van der Waals surface area contributed by atoms with E-state index < -0.39 is 5.97 Å². The second-order valence-corrected chi connectivity index (χ2v) is 4.92. The number of benzene rings is 1. The lowest BCUT2D eigenvalue weighted by Crippen LogP contribution is -2.33. The normalized spacial score (nSPS) is 10.5. The van der Waals surface area contributed by atoms with Crippen molar-refractivity contribution in [3.63, 3.8) is 0 Å². The zero-order valence-corrected chi connectivity index (χ0v) is 12.6. The maximum atomic E-state index is 12.3. The fraction of sp³-hybridized carbons (Fsp3) is 0.333. The molecule has 0 unspecified atom stereocenters. The molecule has 2 rings (SSSR count). The number of aliphatic carboxylic acids is 1. The molecule has 116 valence electrons. The highest BCUT2D eigenvalue weighted by Crippen LogP contribution is 2.10. The van der Waals surface area contributed by atoms with E-state index in [-0.39, 0.29) is 24.6 Å². The lowest BCUT2D eigenvalue weighted by Gasteiger charge is -2.18. The first-order chi connectivity index (χ1) is 10.5. The topological polar surface area (TPSA) is 88.3 Å². The molecule has 1 aromatic carbocycles. The molecule has 1 heterocycles. The summed E-state index contributed by atoms with van der Waals surface area (Å²) in [4.78, 5) is 24.4. The maximum Gasteiger partial charge on any atom is 0.305 e. The lowest BCUT2D eigenvalue weighted by atomic mass is 10.2. The number of carboxylic acid groups (broad SMARTS) is 1. The molecule has 1 aromatic heterocycles. The molecule has 0 aliphatic carbocycles. The number of aryl methyl sites for hydroxylation is 1. The van der Waals surface area contributed by atoms with Crippen LogP contribution in [0.3, 0.4) is 0 Å². The number of nitrogens with zero attached hydrogens (tertiary/aromatic N) is 4. The van der Waals surface area contributed by atoms with E-state index >= 15 is 0 Å². The summed E-state index contributed by atoms with van der Waals surface area (Å²) in [5.74, 6) is -1.25. The molecule has 0 saturated heterocycles. The van der Waals surface area contributed by atoms with Gasteiger partial charge in [-0.3, -0.25) is 9.59 Å². The quantitative estimate of drug-likeness (QED) is 0.874. The van der Waals surface area contributed by atoms with Crippen molar-refractivity contribution < 1.29 is 14.7 Å². The summed E-state index contributed by atoms with van der Waals surface area (Å²) in [5, 5.41) is 16.6. The van der Waals surface area contributed by atoms with Crippen LogP contribution in [0, 0.1) is 6.92 Å². The van der Waals surface area contributed by atoms with Gasteiger partial charge in [0.05, 0.1) is 18.3 Å². The summed E-state index contributed by atoms with van der Waals surface area (Å²) in [6.45, 7) is 4.34. The zero-order valence-electron chi connectivity index (χ0n) is 12.6. The average Bonchev–Trinajstić information content (AvgIpc) is 2.97. The fourth-order valence-electron chi connectivity index (χ4n) is 2.05. The molecule has 0 radical (unpaired) electrons. The molecule has 2 aromatic rings. The number of hydrogen-bond donors (Lipinski definition) is 1. The summed E-state index contributed by atoms with van der Waals surface area (Å²) in [6, 6.07) is 7.68. The van der Waals surface area contributed by atoms with E-state index in [1.165, 1.54) is 9.58 Å². The summed E-state index contributed by atoms with van der Waals surface area (Å²) in [6.07, 6.45) is 1.46. The van der Waals surface area contributed by atoms with Crippen LogP contribution in [0.25, 0.3) is 5.69 Å². The number of aromatic nitrogens is 3. The molecule has 0 aliphatic rings. The van der Waals surface area contributed by atoms with E-state index in [4.69, 9.17) is 5.11 Å². The molecule has 0 bridgehead atoms. The number of amides is 1. The van der Waals surface area contributed by atoms with Gasteiger partial charge >= 0.3 is 5.97 Å². The molecule has 7 heteroatoms. The largest absolute Gasteiger partial charge is 0.481 e. The van der Waals surface area contributed by atoms with Gasteiger partial charge in [0.2, 0.25) is 0 Å². The van der Waals surface area contributed by atoms with Crippen LogP contribution in [0.15, 0.2) is 30.5 Å². The smallest absolute Gasteiger partial charge is 0.305 e. The van der Waals surface area contributed by atoms with Crippen molar-refractivity contribution in [1.29, 1.82) is 0 Å². The molecule has 0 aliphatic heterocycles. The van der Waals surface area contributed by atoms with Crippen molar-refractivity contribution in [3.05, 3.63) is 41.7 Å². The second kappa shape index (κ2) is 6.84. The predicted octanol–water partition coefficient (Wildman–Crippen LogP) is 1.51. The van der Waals surface area contributed by atoms with Gasteiger partial charge in [0.25, 0.3) is 5.91 Å². The van der Waals surface area contributed by atoms with Crippen molar-refractivity contribution >= 4 is 11.9 Å². The minimum absolute atomic E-state index is 0.0917. The molecular formula is C15H18N4O3. The second-order valence-electron chi connectivity index (χ2n) is 4.92. The van der Waals surface area contributed by atoms with E-state index in [2.05, 4.69) is 10.3 Å². The summed E-state index contributed by atoms with van der Waals surface area (Å²) in [7, 11) is 0. The average molecular weight is 302 g/mol. The standard InChI is InChI=1S/C15H18N4O3/c1-3-18(8-7-14(20)21)15(22)13-10-19(17-16-13)12-6-4-5-11(2)9-12/h4-6,9-10H,3,7-8H2,1-2H3,(H,20,21). The predicted molar refractivity (Wildman–Crippen MR) is 79.9 cm³/mol. The summed E-state index contributed by atoms with van der Waals surface area (Å²) < 4.78 is 1.53. The third kappa shape index (κ3) is 3.69. The van der Waals surface area contributed by atoms with Gasteiger partial charge in [-0.15, -0.1) is 5.10 Å². The Hall–Kier alpha value is -2.70. The van der Waals surface area contributed by atoms with Crippen LogP contribution in [0.2, 0.25) is 0 Å². The SMILES string of the molecule is CCN(CCC(=O)O)C(=O)c1cn(-c2cccc(C)c2)nn1. The van der Waals surface area contributed by atoms with Crippen LogP contribution in [-0.4, -0.2) is 50.0 Å². The molecule has 22 heavy (non-hydrogen) atoms. The minimum Gasteiger partial charge on any atom is -0.481 e. The van der Waals surface area contributed by atoms with Crippen molar-refractivity contribution in [1.82, 2.24) is 19.9 Å². The van der Waals surface area contributed by atoms with E-state index in [1.807, 2.05) is 31.2 Å². The highest BCUT2D eigenvalue weighted by Gasteiger charge is 2.18. The van der Waals surface area contributed by atoms with Crippen molar-refractivity contribution in [2.75, 3.05) is 13.1 Å². The first-order valence-corrected chi connectivity index (χ1v) is 7.01. The van der Waals surface area contributed by atoms with Crippen molar-refractivity contribution in [2.45, 2.75) is 20.3 Å². The van der Waals surface area contributed by atoms with Gasteiger partial charge in [-0.05, 0) is 31.5 Å². The summed E-state index contributed by atoms with van der Waals surface area (Å²) >= 11 is 0. The Morgan fingerprint density at radius 2 is 2.14 bits per heavy atom. The fourth-order valence-corrected chi connectivity index (χ4v) is 2.05. The van der Waals surface area contributed by atoms with Crippen LogP contribution < -0.4 is 0 Å². The third-order valence-corrected chi connectivity index (χ3v) is 3.24. The van der Waals surface area contributed by atoms with E-state index in [0.717, 1.165) is 11.3 Å². The Morgan fingerprint density at radius 1 is 1.36 bits per heavy atom. The Morgan fingerprint density at radius 3 is 2.77 bits per heavy atom. The van der Waals surface area contributed by atoms with Gasteiger partial charge in [0.1, 0.15) is 0 Å². The van der Waals surface area contributed by atoms with Gasteiger partial charge in [-0.1, -0.05) is 17.3 Å². The lowest BCUT2D eigenvalue weighted by molar-refractivity contribution is -0.137. The number of rotatable bonds is 6. The third-order valence-electron chi connectivity index (χ3n) is 3.24. The van der Waals surface area contributed by atoms with Crippen LogP contribution in [0.4, 0.5) is 0 Å². The molecule has 0 saturated carbocycles. The highest BCUT2D eigenvalue weighted by molar-refractivity contribution is 5.92. The van der Waals surface area contributed by atoms with E-state index in [0.29, 0.717) is 6.54 Å². The Balaban J connectivity index is 2.16. The van der Waals surface area contributed by atoms with Crippen LogP contribution in [0.5, 0.6) is 0 Å². The number of carboxylic acids is 1. The van der Waals surface area contributed by atoms with Crippen LogP contribution >= 0.6 is 0 Å². The first kappa shape index (κ1) is 15.7. The molecule has 0 fully saturated rings. The monoisotopic (exact) mass is 302 g/mol. The number of carbonyl (C=O) groups excluding carboxylic acids is 1. The molecule has 1 amide bonds. The Labute approximate surface area is 128 Å². The number of hydrogen-bond acceptors (Lipinski definition) is 4.